The van der Waals surface area contributed by atoms with Gasteiger partial charge in [0.2, 0.25) is 0 Å². The van der Waals surface area contributed by atoms with Crippen LogP contribution in [-0.2, 0) is 10.8 Å². The average molecular weight is 307 g/mol. The summed E-state index contributed by atoms with van der Waals surface area (Å²) < 4.78 is 11.3. The summed E-state index contributed by atoms with van der Waals surface area (Å²) >= 11 is 0. The summed E-state index contributed by atoms with van der Waals surface area (Å²) in [6.45, 7) is 4.15. The summed E-state index contributed by atoms with van der Waals surface area (Å²) in [6, 6.07) is 5.44. The molecule has 0 spiro atoms. The number of amides is 1. The number of benzene rings is 1. The molecule has 1 rings (SSSR count). The topological polar surface area (TPSA) is 66.4 Å². The Kier molecular flexibility index (Phi) is 7.73. The molecule has 0 aromatic heterocycles. The number of hydrogen-bond donors (Lipinski definition) is 2. The average Bonchev–Trinajstić information content (AvgIpc) is 2.48. The third kappa shape index (κ3) is 6.11. The lowest BCUT2D eigenvalue weighted by atomic mass is 10.0. The quantitative estimate of drug-likeness (QED) is 0.777. The van der Waals surface area contributed by atoms with Gasteiger partial charge in [0.15, 0.2) is 0 Å². The van der Waals surface area contributed by atoms with Crippen LogP contribution < -0.4 is 5.32 Å². The summed E-state index contributed by atoms with van der Waals surface area (Å²) in [5.41, 5.74) is 2.20. The van der Waals surface area contributed by atoms with E-state index in [4.69, 9.17) is 5.11 Å². The second-order valence-electron chi connectivity index (χ2n) is 4.49. The molecule has 0 aliphatic heterocycles. The molecule has 1 aromatic carbocycles. The molecule has 0 heterocycles. The monoisotopic (exact) mass is 307 g/mol. The van der Waals surface area contributed by atoms with Gasteiger partial charge >= 0.3 is 0 Å². The molecule has 0 bridgehead atoms. The third-order valence-corrected chi connectivity index (χ3v) is 4.19. The van der Waals surface area contributed by atoms with E-state index in [1.54, 1.807) is 6.07 Å². The molecule has 21 heavy (non-hydrogen) atoms. The van der Waals surface area contributed by atoms with Gasteiger partial charge in [0.05, 0.1) is 6.61 Å². The molecule has 0 aliphatic rings. The Morgan fingerprint density at radius 3 is 2.86 bits per heavy atom. The number of nitrogens with one attached hydrogen (secondary N) is 1. The minimum absolute atomic E-state index is 0.0285. The molecular weight excluding hydrogens is 286 g/mol. The van der Waals surface area contributed by atoms with Gasteiger partial charge < -0.3 is 10.4 Å². The molecule has 2 N–H and O–H groups in total. The van der Waals surface area contributed by atoms with Gasteiger partial charge in [0.25, 0.3) is 5.91 Å². The zero-order chi connectivity index (χ0) is 15.7. The summed E-state index contributed by atoms with van der Waals surface area (Å²) in [5.74, 6) is 6.64. The first kappa shape index (κ1) is 17.4. The predicted molar refractivity (Wildman–Crippen MR) is 85.6 cm³/mol. The maximum absolute atomic E-state index is 12.1. The molecule has 0 aliphatic carbocycles. The zero-order valence-electron chi connectivity index (χ0n) is 12.4. The van der Waals surface area contributed by atoms with Crippen LogP contribution >= 0.6 is 0 Å². The number of carbonyl (C=O) groups is 1. The van der Waals surface area contributed by atoms with Crippen molar-refractivity contribution in [3.05, 3.63) is 34.9 Å². The summed E-state index contributed by atoms with van der Waals surface area (Å²) in [5, 5.41) is 11.5. The van der Waals surface area contributed by atoms with Crippen LogP contribution in [0.5, 0.6) is 0 Å². The van der Waals surface area contributed by atoms with Crippen molar-refractivity contribution in [2.75, 3.05) is 24.7 Å². The van der Waals surface area contributed by atoms with E-state index in [9.17, 15) is 9.00 Å². The Hall–Kier alpha value is -1.64. The second kappa shape index (κ2) is 9.32. The standard InChI is InChI=1S/C16H21NO3S/c1-3-21(20)11-9-17-16(19)15-12-14(6-4-5-10-18)8-7-13(15)2/h7-8,12,18H,3,5,9-11H2,1-2H3,(H,17,19). The molecule has 1 amide bonds. The maximum Gasteiger partial charge on any atom is 0.251 e. The Morgan fingerprint density at radius 2 is 2.19 bits per heavy atom. The lowest BCUT2D eigenvalue weighted by Crippen LogP contribution is -2.28. The molecule has 1 aromatic rings. The number of rotatable bonds is 6. The summed E-state index contributed by atoms with van der Waals surface area (Å²) in [7, 11) is -0.876. The highest BCUT2D eigenvalue weighted by Gasteiger charge is 2.09. The number of aryl methyl sites for hydroxylation is 1. The zero-order valence-corrected chi connectivity index (χ0v) is 13.3. The van der Waals surface area contributed by atoms with E-state index in [2.05, 4.69) is 17.2 Å². The van der Waals surface area contributed by atoms with E-state index in [0.29, 0.717) is 30.0 Å². The molecule has 114 valence electrons. The first-order chi connectivity index (χ1) is 10.1. The fraction of sp³-hybridized carbons (Fsp3) is 0.438. The van der Waals surface area contributed by atoms with Gasteiger partial charge in [0.1, 0.15) is 0 Å². The minimum atomic E-state index is -0.876. The van der Waals surface area contributed by atoms with E-state index in [1.807, 2.05) is 26.0 Å². The number of aliphatic hydroxyl groups excluding tert-OH is 1. The Balaban J connectivity index is 2.72. The first-order valence-electron chi connectivity index (χ1n) is 6.92. The Bertz CT molecular complexity index is 573. The molecule has 4 nitrogen and oxygen atoms in total. The van der Waals surface area contributed by atoms with Crippen LogP contribution in [-0.4, -0.2) is 39.9 Å². The highest BCUT2D eigenvalue weighted by atomic mass is 32.2. The van der Waals surface area contributed by atoms with E-state index in [0.717, 1.165) is 11.1 Å². The summed E-state index contributed by atoms with van der Waals surface area (Å²) in [6.07, 6.45) is 0.415. The third-order valence-electron chi connectivity index (χ3n) is 2.89. The Labute approximate surface area is 128 Å². The second-order valence-corrected chi connectivity index (χ2v) is 6.36. The van der Waals surface area contributed by atoms with Crippen LogP contribution in [0.4, 0.5) is 0 Å². The highest BCUT2D eigenvalue weighted by Crippen LogP contribution is 2.10. The predicted octanol–water partition coefficient (Wildman–Crippen LogP) is 1.23. The largest absolute Gasteiger partial charge is 0.395 e. The lowest BCUT2D eigenvalue weighted by Gasteiger charge is -2.08. The van der Waals surface area contributed by atoms with E-state index in [-0.39, 0.29) is 12.5 Å². The molecule has 0 radical (unpaired) electrons. The normalized spacial score (nSPS) is 11.4. The van der Waals surface area contributed by atoms with Gasteiger partial charge in [-0.2, -0.15) is 0 Å². The summed E-state index contributed by atoms with van der Waals surface area (Å²) in [4.78, 5) is 12.1. The fourth-order valence-corrected chi connectivity index (χ4v) is 2.30. The van der Waals surface area contributed by atoms with Crippen LogP contribution in [0.25, 0.3) is 0 Å². The van der Waals surface area contributed by atoms with Crippen molar-refractivity contribution in [2.24, 2.45) is 0 Å². The molecular formula is C16H21NO3S. The smallest absolute Gasteiger partial charge is 0.251 e. The fourth-order valence-electron chi connectivity index (χ4n) is 1.68. The number of carbonyl (C=O) groups excluding carboxylic acids is 1. The molecule has 0 saturated heterocycles. The highest BCUT2D eigenvalue weighted by molar-refractivity contribution is 7.84. The van der Waals surface area contributed by atoms with Gasteiger partial charge in [-0.3, -0.25) is 9.00 Å². The SMILES string of the molecule is CCS(=O)CCNC(=O)c1cc(C#CCCO)ccc1C. The molecule has 1 unspecified atom stereocenters. The van der Waals surface area contributed by atoms with Crippen LogP contribution in [0, 0.1) is 18.8 Å². The van der Waals surface area contributed by atoms with Crippen molar-refractivity contribution in [1.29, 1.82) is 0 Å². The van der Waals surface area contributed by atoms with Crippen LogP contribution in [0.3, 0.4) is 0 Å². The van der Waals surface area contributed by atoms with Crippen molar-refractivity contribution < 1.29 is 14.1 Å². The maximum atomic E-state index is 12.1. The molecule has 5 heteroatoms. The minimum Gasteiger partial charge on any atom is -0.395 e. The van der Waals surface area contributed by atoms with Gasteiger partial charge in [-0.25, -0.2) is 0 Å². The number of hydrogen-bond acceptors (Lipinski definition) is 3. The van der Waals surface area contributed by atoms with Crippen LogP contribution in [0.1, 0.15) is 34.8 Å². The first-order valence-corrected chi connectivity index (χ1v) is 8.40. The van der Waals surface area contributed by atoms with Crippen LogP contribution in [0.15, 0.2) is 18.2 Å². The van der Waals surface area contributed by atoms with E-state index in [1.165, 1.54) is 0 Å². The van der Waals surface area contributed by atoms with Crippen molar-refractivity contribution in [3.8, 4) is 11.8 Å². The molecule has 0 saturated carbocycles. The Morgan fingerprint density at radius 1 is 1.43 bits per heavy atom. The number of aliphatic hydroxyl groups is 1. The lowest BCUT2D eigenvalue weighted by molar-refractivity contribution is 0.0955. The van der Waals surface area contributed by atoms with Crippen molar-refractivity contribution in [3.63, 3.8) is 0 Å². The van der Waals surface area contributed by atoms with E-state index < -0.39 is 10.8 Å². The molecule has 1 atom stereocenters. The van der Waals surface area contributed by atoms with Gasteiger partial charge in [-0.15, -0.1) is 0 Å². The van der Waals surface area contributed by atoms with Crippen molar-refractivity contribution in [2.45, 2.75) is 20.3 Å². The van der Waals surface area contributed by atoms with Gasteiger partial charge in [0, 0.05) is 46.4 Å². The van der Waals surface area contributed by atoms with Crippen LogP contribution in [0.2, 0.25) is 0 Å². The van der Waals surface area contributed by atoms with Crippen molar-refractivity contribution in [1.82, 2.24) is 5.32 Å². The van der Waals surface area contributed by atoms with Crippen molar-refractivity contribution >= 4 is 16.7 Å². The molecule has 0 fully saturated rings. The van der Waals surface area contributed by atoms with Gasteiger partial charge in [-0.05, 0) is 24.6 Å². The van der Waals surface area contributed by atoms with E-state index >= 15 is 0 Å². The van der Waals surface area contributed by atoms with Gasteiger partial charge in [-0.1, -0.05) is 24.8 Å².